The summed E-state index contributed by atoms with van der Waals surface area (Å²) in [6, 6.07) is 8.35. The molecule has 13 heteroatoms. The Balaban J connectivity index is 1.65. The van der Waals surface area contributed by atoms with Gasteiger partial charge in [0.05, 0.1) is 35.2 Å². The van der Waals surface area contributed by atoms with Crippen molar-refractivity contribution in [2.45, 2.75) is 141 Å². The summed E-state index contributed by atoms with van der Waals surface area (Å²) in [7, 11) is 0. The molecule has 1 aromatic rings. The van der Waals surface area contributed by atoms with E-state index in [2.05, 4.69) is 6.58 Å². The third-order valence-electron chi connectivity index (χ3n) is 12.5. The molecule has 0 aromatic heterocycles. The fourth-order valence-electron chi connectivity index (χ4n) is 10.0. The number of hydrogen-bond donors (Lipinski definition) is 2. The lowest BCUT2D eigenvalue weighted by Crippen LogP contribution is -2.80. The molecule has 2 N–H and O–H groups in total. The Kier molecular flexibility index (Phi) is 10.7. The van der Waals surface area contributed by atoms with Gasteiger partial charge < -0.3 is 43.4 Å². The van der Waals surface area contributed by atoms with Crippen LogP contribution in [0.1, 0.15) is 91.4 Å². The van der Waals surface area contributed by atoms with Crippen LogP contribution in [0.5, 0.6) is 0 Å². The number of carbonyl (C=O) groups is 4. The Morgan fingerprint density at radius 1 is 1.02 bits per heavy atom. The molecule has 2 saturated carbocycles. The predicted molar refractivity (Wildman–Crippen MR) is 191 cm³/mol. The third-order valence-corrected chi connectivity index (χ3v) is 12.5. The Bertz CT molecular complexity index is 1680. The minimum Gasteiger partial charge on any atom is -0.457 e. The van der Waals surface area contributed by atoms with Gasteiger partial charge in [-0.1, -0.05) is 45.5 Å². The molecule has 4 fully saturated rings. The van der Waals surface area contributed by atoms with E-state index in [0.717, 1.165) is 0 Å². The zero-order chi connectivity index (χ0) is 39.5. The molecule has 1 aromatic carbocycles. The normalized spacial score (nSPS) is 37.4. The number of fused-ring (bicyclic) bond motifs is 3. The SMILES string of the molecule is C=CC1O[C@H]2C[C@H]3OC[C@@]3(OC(C)=O)[C@H]3[C@H](OC(=O)c4ccccc4)C4(C(C)(C)O)C[C@H](OC(=O)C(O)CCC(C)C)C(C)=C4[C@H](OC(C)=O)[C@H](O1)[C@]23C. The molecule has 0 radical (unpaired) electrons. The van der Waals surface area contributed by atoms with Gasteiger partial charge in [-0.3, -0.25) is 9.59 Å². The number of esters is 4. The van der Waals surface area contributed by atoms with Crippen molar-refractivity contribution in [3.63, 3.8) is 0 Å². The van der Waals surface area contributed by atoms with Crippen LogP contribution in [-0.2, 0) is 47.5 Å². The minimum atomic E-state index is -1.81. The first-order valence-electron chi connectivity index (χ1n) is 18.8. The van der Waals surface area contributed by atoms with Gasteiger partial charge >= 0.3 is 23.9 Å². The van der Waals surface area contributed by atoms with Crippen LogP contribution < -0.4 is 0 Å². The van der Waals surface area contributed by atoms with E-state index in [4.69, 9.17) is 33.2 Å². The monoisotopic (exact) mass is 754 g/mol. The van der Waals surface area contributed by atoms with Crippen LogP contribution in [0.15, 0.2) is 54.1 Å². The number of benzene rings is 1. The highest BCUT2D eigenvalue weighted by Gasteiger charge is 2.81. The fourth-order valence-corrected chi connectivity index (χ4v) is 10.0. The van der Waals surface area contributed by atoms with Crippen LogP contribution in [0.2, 0.25) is 0 Å². The molecule has 0 spiro atoms. The number of hydrogen-bond acceptors (Lipinski definition) is 13. The zero-order valence-corrected chi connectivity index (χ0v) is 32.4. The quantitative estimate of drug-likeness (QED) is 0.186. The van der Waals surface area contributed by atoms with Crippen LogP contribution >= 0.6 is 0 Å². The van der Waals surface area contributed by atoms with Crippen molar-refractivity contribution in [1.29, 1.82) is 0 Å². The number of aliphatic hydroxyl groups is 2. The zero-order valence-electron chi connectivity index (χ0n) is 32.4. The maximum absolute atomic E-state index is 14.4. The summed E-state index contributed by atoms with van der Waals surface area (Å²) in [5, 5.41) is 23.6. The lowest BCUT2D eigenvalue weighted by atomic mass is 9.49. The van der Waals surface area contributed by atoms with Gasteiger partial charge in [0, 0.05) is 32.1 Å². The molecule has 2 saturated heterocycles. The van der Waals surface area contributed by atoms with Gasteiger partial charge in [-0.25, -0.2) is 9.59 Å². The van der Waals surface area contributed by atoms with Crippen LogP contribution in [0.3, 0.4) is 0 Å². The van der Waals surface area contributed by atoms with Gasteiger partial charge in [-0.05, 0) is 68.9 Å². The van der Waals surface area contributed by atoms with Gasteiger partial charge in [0.15, 0.2) is 24.1 Å². The van der Waals surface area contributed by atoms with Crippen molar-refractivity contribution in [3.05, 3.63) is 59.7 Å². The topological polar surface area (TPSA) is 173 Å². The summed E-state index contributed by atoms with van der Waals surface area (Å²) in [4.78, 5) is 54.2. The van der Waals surface area contributed by atoms with Gasteiger partial charge in [0.25, 0.3) is 0 Å². The van der Waals surface area contributed by atoms with Crippen molar-refractivity contribution in [2.24, 2.45) is 22.7 Å². The molecule has 3 aliphatic carbocycles. The van der Waals surface area contributed by atoms with Crippen LogP contribution in [0, 0.1) is 22.7 Å². The Morgan fingerprint density at radius 3 is 2.26 bits per heavy atom. The molecular formula is C41H54O13. The van der Waals surface area contributed by atoms with Gasteiger partial charge in [0.1, 0.15) is 24.4 Å². The number of ether oxygens (including phenoxy) is 7. The maximum Gasteiger partial charge on any atom is 0.338 e. The van der Waals surface area contributed by atoms with Gasteiger partial charge in [-0.15, -0.1) is 0 Å². The van der Waals surface area contributed by atoms with Crippen molar-refractivity contribution in [1.82, 2.24) is 0 Å². The van der Waals surface area contributed by atoms with E-state index in [-0.39, 0.29) is 37.4 Å². The van der Waals surface area contributed by atoms with Crippen LogP contribution in [-0.4, -0.2) is 101 Å². The number of aliphatic hydroxyl groups excluding tert-OH is 1. The molecule has 12 atom stereocenters. The lowest BCUT2D eigenvalue weighted by molar-refractivity contribution is -0.392. The molecule has 2 aliphatic heterocycles. The average molecular weight is 755 g/mol. The van der Waals surface area contributed by atoms with Gasteiger partial charge in [-0.2, -0.15) is 0 Å². The highest BCUT2D eigenvalue weighted by atomic mass is 16.7. The molecule has 0 bridgehead atoms. The molecular weight excluding hydrogens is 700 g/mol. The van der Waals surface area contributed by atoms with Crippen molar-refractivity contribution in [2.75, 3.05) is 6.61 Å². The lowest BCUT2D eigenvalue weighted by Gasteiger charge is -2.67. The first-order valence-corrected chi connectivity index (χ1v) is 18.8. The minimum absolute atomic E-state index is 0.0696. The third kappa shape index (κ3) is 6.39. The van der Waals surface area contributed by atoms with Gasteiger partial charge in [0.2, 0.25) is 0 Å². The largest absolute Gasteiger partial charge is 0.457 e. The molecule has 296 valence electrons. The predicted octanol–water partition coefficient (Wildman–Crippen LogP) is 4.37. The van der Waals surface area contributed by atoms with E-state index in [1.54, 1.807) is 51.1 Å². The maximum atomic E-state index is 14.4. The van der Waals surface area contributed by atoms with E-state index in [0.29, 0.717) is 17.6 Å². The number of rotatable bonds is 11. The summed E-state index contributed by atoms with van der Waals surface area (Å²) in [5.74, 6) is -3.63. The van der Waals surface area contributed by atoms with Crippen molar-refractivity contribution >= 4 is 23.9 Å². The van der Waals surface area contributed by atoms with Crippen LogP contribution in [0.25, 0.3) is 0 Å². The average Bonchev–Trinajstić information content (AvgIpc) is 3.35. The van der Waals surface area contributed by atoms with E-state index in [1.807, 2.05) is 20.8 Å². The molecule has 6 rings (SSSR count). The van der Waals surface area contributed by atoms with Crippen molar-refractivity contribution < 1.29 is 62.5 Å². The summed E-state index contributed by atoms with van der Waals surface area (Å²) in [6.45, 7) is 17.1. The van der Waals surface area contributed by atoms with E-state index >= 15 is 0 Å². The second-order valence-corrected chi connectivity index (χ2v) is 16.7. The molecule has 2 heterocycles. The first kappa shape index (κ1) is 40.1. The summed E-state index contributed by atoms with van der Waals surface area (Å²) in [5.41, 5.74) is -5.18. The van der Waals surface area contributed by atoms with E-state index < -0.39 is 101 Å². The Hall–Kier alpha value is -3.62. The highest BCUT2D eigenvalue weighted by molar-refractivity contribution is 5.89. The summed E-state index contributed by atoms with van der Waals surface area (Å²) >= 11 is 0. The Labute approximate surface area is 316 Å². The molecule has 3 unspecified atom stereocenters. The Morgan fingerprint density at radius 2 is 1.70 bits per heavy atom. The van der Waals surface area contributed by atoms with E-state index in [1.165, 1.54) is 19.9 Å². The molecule has 54 heavy (non-hydrogen) atoms. The smallest absolute Gasteiger partial charge is 0.338 e. The second-order valence-electron chi connectivity index (χ2n) is 16.7. The standard InChI is InChI=1S/C41H54O13/c1-10-30-51-28-18-29-41(20-48-29,54-24(6)43)33-35(53-36(45)25-14-12-11-13-15-25)40(38(7,8)47)19-27(50-37(46)26(44)17-16-21(2)3)22(4)31(40)32(49-23(5)42)34(52-30)39(28,33)9/h10-15,21,26-30,32-35,44,47H,1,16-20H2,2-9H3/t26?,27-,28-,29+,30?,32-,33-,34-,35-,39+,40?,41-/m0/s1. The fraction of sp³-hybridized carbons (Fsp3) is 0.659. The second kappa shape index (κ2) is 14.5. The molecule has 13 nitrogen and oxygen atoms in total. The van der Waals surface area contributed by atoms with E-state index in [9.17, 15) is 29.4 Å². The molecule has 5 aliphatic rings. The molecule has 0 amide bonds. The van der Waals surface area contributed by atoms with Crippen LogP contribution in [0.4, 0.5) is 0 Å². The van der Waals surface area contributed by atoms with Crippen molar-refractivity contribution in [3.8, 4) is 0 Å². The first-order chi connectivity index (χ1) is 25.3. The summed E-state index contributed by atoms with van der Waals surface area (Å²) < 4.78 is 44.8. The number of carbonyl (C=O) groups excluding carboxylic acids is 4. The summed E-state index contributed by atoms with van der Waals surface area (Å²) in [6.07, 6.45) is -6.20. The highest BCUT2D eigenvalue weighted by Crippen LogP contribution is 2.70.